The number of likely N-dealkylation sites (tertiary alicyclic amines) is 1. The van der Waals surface area contributed by atoms with Crippen molar-refractivity contribution in [3.05, 3.63) is 0 Å². The first-order valence-electron chi connectivity index (χ1n) is 6.16. The largest absolute Gasteiger partial charge is 0.371 e. The molecule has 0 aromatic rings. The summed E-state index contributed by atoms with van der Waals surface area (Å²) in [4.78, 5) is 25.1. The molecule has 17 heavy (non-hydrogen) atoms. The van der Waals surface area contributed by atoms with Crippen molar-refractivity contribution >= 4 is 11.8 Å². The topological polar surface area (TPSA) is 70.7 Å². The average Bonchev–Trinajstić information content (AvgIpc) is 2.68. The van der Waals surface area contributed by atoms with Crippen molar-refractivity contribution < 1.29 is 14.3 Å². The molecule has 6 heteroatoms. The molecule has 2 N–H and O–H groups in total. The van der Waals surface area contributed by atoms with Crippen molar-refractivity contribution in [1.82, 2.24) is 15.5 Å². The van der Waals surface area contributed by atoms with Gasteiger partial charge in [0.2, 0.25) is 11.8 Å². The summed E-state index contributed by atoms with van der Waals surface area (Å²) in [6, 6.07) is -0.273. The smallest absolute Gasteiger partial charge is 0.241 e. The SMILES string of the molecule is O=C1CNC(C(=O)N2CC3CCC(C2)O3)CN1. The first-order valence-corrected chi connectivity index (χ1v) is 6.16. The van der Waals surface area contributed by atoms with Gasteiger partial charge in [-0.2, -0.15) is 0 Å². The van der Waals surface area contributed by atoms with E-state index < -0.39 is 0 Å². The number of morpholine rings is 1. The molecule has 3 atom stereocenters. The number of carbonyl (C=O) groups excluding carboxylic acids is 2. The molecule has 3 unspecified atom stereocenters. The van der Waals surface area contributed by atoms with E-state index in [1.165, 1.54) is 0 Å². The summed E-state index contributed by atoms with van der Waals surface area (Å²) in [7, 11) is 0. The number of fused-ring (bicyclic) bond motifs is 2. The minimum Gasteiger partial charge on any atom is -0.371 e. The zero-order chi connectivity index (χ0) is 11.8. The summed E-state index contributed by atoms with van der Waals surface area (Å²) in [6.45, 7) is 2.01. The lowest BCUT2D eigenvalue weighted by molar-refractivity contribution is -0.143. The Labute approximate surface area is 99.7 Å². The molecule has 94 valence electrons. The second kappa shape index (κ2) is 4.27. The molecule has 0 aromatic carbocycles. The van der Waals surface area contributed by atoms with Crippen molar-refractivity contribution in [3.63, 3.8) is 0 Å². The number of carbonyl (C=O) groups is 2. The number of amides is 2. The minimum absolute atomic E-state index is 0.0453. The fourth-order valence-corrected chi connectivity index (χ4v) is 2.76. The fourth-order valence-electron chi connectivity index (χ4n) is 2.76. The standard InChI is InChI=1S/C11H17N3O3/c15-10-4-12-9(3-13-10)11(16)14-5-7-1-2-8(6-14)17-7/h7-9,12H,1-6H2,(H,13,15). The predicted molar refractivity (Wildman–Crippen MR) is 59.3 cm³/mol. The van der Waals surface area contributed by atoms with Crippen LogP contribution in [0.1, 0.15) is 12.8 Å². The van der Waals surface area contributed by atoms with Crippen molar-refractivity contribution in [2.24, 2.45) is 0 Å². The summed E-state index contributed by atoms with van der Waals surface area (Å²) >= 11 is 0. The lowest BCUT2D eigenvalue weighted by Crippen LogP contribution is -2.60. The second-order valence-electron chi connectivity index (χ2n) is 4.94. The van der Waals surface area contributed by atoms with Gasteiger partial charge in [-0.1, -0.05) is 0 Å². The van der Waals surface area contributed by atoms with Crippen LogP contribution in [0.5, 0.6) is 0 Å². The van der Waals surface area contributed by atoms with Gasteiger partial charge in [0, 0.05) is 19.6 Å². The van der Waals surface area contributed by atoms with Crippen molar-refractivity contribution in [1.29, 1.82) is 0 Å². The van der Waals surface area contributed by atoms with E-state index in [4.69, 9.17) is 4.74 Å². The van der Waals surface area contributed by atoms with Gasteiger partial charge in [-0.25, -0.2) is 0 Å². The van der Waals surface area contributed by atoms with Crippen molar-refractivity contribution in [2.75, 3.05) is 26.2 Å². The number of nitrogens with one attached hydrogen (secondary N) is 2. The Morgan fingerprint density at radius 3 is 2.59 bits per heavy atom. The van der Waals surface area contributed by atoms with Crippen LogP contribution in [-0.4, -0.2) is 61.1 Å². The third-order valence-corrected chi connectivity index (χ3v) is 3.67. The first kappa shape index (κ1) is 11.0. The van der Waals surface area contributed by atoms with Gasteiger partial charge in [0.1, 0.15) is 6.04 Å². The molecule has 3 aliphatic heterocycles. The number of piperazine rings is 1. The van der Waals surface area contributed by atoms with E-state index in [-0.39, 0.29) is 36.6 Å². The van der Waals surface area contributed by atoms with Crippen LogP contribution < -0.4 is 10.6 Å². The Morgan fingerprint density at radius 2 is 2.00 bits per heavy atom. The van der Waals surface area contributed by atoms with Gasteiger partial charge in [0.25, 0.3) is 0 Å². The Kier molecular flexibility index (Phi) is 2.76. The number of nitrogens with zero attached hydrogens (tertiary/aromatic N) is 1. The highest BCUT2D eigenvalue weighted by molar-refractivity contribution is 5.86. The highest BCUT2D eigenvalue weighted by atomic mass is 16.5. The number of rotatable bonds is 1. The molecule has 3 rings (SSSR count). The molecule has 0 saturated carbocycles. The highest BCUT2D eigenvalue weighted by Crippen LogP contribution is 2.26. The Hall–Kier alpha value is -1.14. The lowest BCUT2D eigenvalue weighted by atomic mass is 10.2. The summed E-state index contributed by atoms with van der Waals surface area (Å²) in [5, 5.41) is 5.68. The van der Waals surface area contributed by atoms with Crippen LogP contribution in [0.15, 0.2) is 0 Å². The summed E-state index contributed by atoms with van der Waals surface area (Å²) < 4.78 is 5.70. The van der Waals surface area contributed by atoms with Gasteiger partial charge in [-0.3, -0.25) is 14.9 Å². The summed E-state index contributed by atoms with van der Waals surface area (Å²) in [5.41, 5.74) is 0. The summed E-state index contributed by atoms with van der Waals surface area (Å²) in [5.74, 6) is 0.0429. The number of hydrogen-bond donors (Lipinski definition) is 2. The second-order valence-corrected chi connectivity index (χ2v) is 4.94. The third kappa shape index (κ3) is 2.14. The zero-order valence-corrected chi connectivity index (χ0v) is 9.65. The molecule has 0 aromatic heterocycles. The van der Waals surface area contributed by atoms with Gasteiger partial charge < -0.3 is 15.0 Å². The molecule has 2 bridgehead atoms. The van der Waals surface area contributed by atoms with Crippen LogP contribution in [0.25, 0.3) is 0 Å². The quantitative estimate of drug-likeness (QED) is 0.582. The van der Waals surface area contributed by atoms with Gasteiger partial charge >= 0.3 is 0 Å². The zero-order valence-electron chi connectivity index (χ0n) is 9.65. The third-order valence-electron chi connectivity index (χ3n) is 3.67. The number of hydrogen-bond acceptors (Lipinski definition) is 4. The maximum absolute atomic E-state index is 12.2. The molecule has 0 radical (unpaired) electrons. The monoisotopic (exact) mass is 239 g/mol. The van der Waals surface area contributed by atoms with Crippen LogP contribution in [-0.2, 0) is 14.3 Å². The normalized spacial score (nSPS) is 36.8. The van der Waals surface area contributed by atoms with Crippen molar-refractivity contribution in [2.45, 2.75) is 31.1 Å². The Bertz CT molecular complexity index is 325. The van der Waals surface area contributed by atoms with Crippen LogP contribution >= 0.6 is 0 Å². The Morgan fingerprint density at radius 1 is 1.29 bits per heavy atom. The van der Waals surface area contributed by atoms with E-state index in [0.717, 1.165) is 12.8 Å². The minimum atomic E-state index is -0.273. The molecule has 3 aliphatic rings. The predicted octanol–water partition coefficient (Wildman–Crippen LogP) is -1.54. The van der Waals surface area contributed by atoms with Gasteiger partial charge in [-0.15, -0.1) is 0 Å². The van der Waals surface area contributed by atoms with Gasteiger partial charge in [0.15, 0.2) is 0 Å². The van der Waals surface area contributed by atoms with E-state index >= 15 is 0 Å². The van der Waals surface area contributed by atoms with Crippen LogP contribution in [0, 0.1) is 0 Å². The van der Waals surface area contributed by atoms with Crippen LogP contribution in [0.2, 0.25) is 0 Å². The lowest BCUT2D eigenvalue weighted by Gasteiger charge is -2.35. The molecule has 0 aliphatic carbocycles. The Balaban J connectivity index is 1.60. The molecule has 2 amide bonds. The first-order chi connectivity index (χ1) is 8.22. The van der Waals surface area contributed by atoms with E-state index in [0.29, 0.717) is 19.6 Å². The van der Waals surface area contributed by atoms with Gasteiger partial charge in [-0.05, 0) is 12.8 Å². The molecular formula is C11H17N3O3. The molecular weight excluding hydrogens is 222 g/mol. The van der Waals surface area contributed by atoms with E-state index in [9.17, 15) is 9.59 Å². The molecule has 3 saturated heterocycles. The summed E-state index contributed by atoms with van der Waals surface area (Å²) in [6.07, 6.45) is 2.55. The molecule has 0 spiro atoms. The molecule has 6 nitrogen and oxygen atoms in total. The van der Waals surface area contributed by atoms with Crippen LogP contribution in [0.3, 0.4) is 0 Å². The van der Waals surface area contributed by atoms with E-state index in [2.05, 4.69) is 10.6 Å². The maximum Gasteiger partial charge on any atom is 0.241 e. The molecule has 3 fully saturated rings. The maximum atomic E-state index is 12.2. The average molecular weight is 239 g/mol. The van der Waals surface area contributed by atoms with E-state index in [1.54, 1.807) is 0 Å². The molecule has 3 heterocycles. The number of ether oxygens (including phenoxy) is 1. The van der Waals surface area contributed by atoms with Crippen molar-refractivity contribution in [3.8, 4) is 0 Å². The highest BCUT2D eigenvalue weighted by Gasteiger charge is 2.38. The van der Waals surface area contributed by atoms with Gasteiger partial charge in [0.05, 0.1) is 18.8 Å². The van der Waals surface area contributed by atoms with E-state index in [1.807, 2.05) is 4.90 Å². The van der Waals surface area contributed by atoms with Crippen LogP contribution in [0.4, 0.5) is 0 Å². The fraction of sp³-hybridized carbons (Fsp3) is 0.818.